The van der Waals surface area contributed by atoms with Crippen LogP contribution in [0.3, 0.4) is 0 Å². The van der Waals surface area contributed by atoms with E-state index in [1.165, 1.54) is 7.11 Å². The Labute approximate surface area is 205 Å². The predicted octanol–water partition coefficient (Wildman–Crippen LogP) is 5.45. The van der Waals surface area contributed by atoms with E-state index < -0.39 is 11.9 Å². The second-order valence-corrected chi connectivity index (χ2v) is 7.94. The lowest BCUT2D eigenvalue weighted by molar-refractivity contribution is 0.0600. The Morgan fingerprint density at radius 1 is 1.03 bits per heavy atom. The molecule has 0 aliphatic carbocycles. The van der Waals surface area contributed by atoms with E-state index in [2.05, 4.69) is 15.2 Å². The zero-order valence-electron chi connectivity index (χ0n) is 18.0. The van der Waals surface area contributed by atoms with Crippen LogP contribution in [0.25, 0.3) is 0 Å². The summed E-state index contributed by atoms with van der Waals surface area (Å²) >= 11 is 12.4. The van der Waals surface area contributed by atoms with E-state index in [1.54, 1.807) is 71.5 Å². The van der Waals surface area contributed by atoms with Gasteiger partial charge >= 0.3 is 5.97 Å². The van der Waals surface area contributed by atoms with E-state index in [1.807, 2.05) is 0 Å². The summed E-state index contributed by atoms with van der Waals surface area (Å²) in [5.41, 5.74) is 1.16. The van der Waals surface area contributed by atoms with Crippen LogP contribution < -0.4 is 10.1 Å². The van der Waals surface area contributed by atoms with E-state index in [-0.39, 0.29) is 12.4 Å². The van der Waals surface area contributed by atoms with Crippen molar-refractivity contribution in [3.05, 3.63) is 99.6 Å². The van der Waals surface area contributed by atoms with Crippen LogP contribution in [0.2, 0.25) is 10.0 Å². The number of esters is 1. The van der Waals surface area contributed by atoms with Gasteiger partial charge in [-0.3, -0.25) is 9.48 Å². The van der Waals surface area contributed by atoms with Crippen molar-refractivity contribution in [1.82, 2.24) is 9.78 Å². The number of benzene rings is 2. The molecular weight excluding hydrogens is 481 g/mol. The van der Waals surface area contributed by atoms with Crippen LogP contribution in [0.5, 0.6) is 5.75 Å². The minimum Gasteiger partial charge on any atom is -0.486 e. The molecule has 0 aliphatic heterocycles. The maximum absolute atomic E-state index is 12.5. The summed E-state index contributed by atoms with van der Waals surface area (Å²) < 4.78 is 17.5. The van der Waals surface area contributed by atoms with Crippen molar-refractivity contribution < 1.29 is 23.5 Å². The number of rotatable bonds is 8. The number of furan rings is 1. The second-order valence-electron chi connectivity index (χ2n) is 7.12. The SMILES string of the molecule is COC(=O)c1ccc(OCc2ccc(C(=O)Nc3ccn(Cc4c(Cl)cccc4Cl)n3)o2)cc1. The number of ether oxygens (including phenoxy) is 2. The number of aromatic nitrogens is 2. The molecule has 4 rings (SSSR count). The summed E-state index contributed by atoms with van der Waals surface area (Å²) in [6, 6.07) is 16.6. The normalized spacial score (nSPS) is 10.7. The largest absolute Gasteiger partial charge is 0.486 e. The first-order chi connectivity index (χ1) is 16.4. The van der Waals surface area contributed by atoms with Gasteiger partial charge in [-0.1, -0.05) is 29.3 Å². The van der Waals surface area contributed by atoms with Crippen molar-refractivity contribution in [2.75, 3.05) is 12.4 Å². The molecule has 0 radical (unpaired) electrons. The van der Waals surface area contributed by atoms with Crippen LogP contribution in [-0.4, -0.2) is 28.8 Å². The summed E-state index contributed by atoms with van der Waals surface area (Å²) in [5, 5.41) is 8.10. The first kappa shape index (κ1) is 23.4. The highest BCUT2D eigenvalue weighted by atomic mass is 35.5. The van der Waals surface area contributed by atoms with Gasteiger partial charge in [0, 0.05) is 27.9 Å². The van der Waals surface area contributed by atoms with Gasteiger partial charge in [0.2, 0.25) is 0 Å². The fourth-order valence-corrected chi connectivity index (χ4v) is 3.59. The van der Waals surface area contributed by atoms with Crippen LogP contribution in [0, 0.1) is 0 Å². The van der Waals surface area contributed by atoms with Crippen LogP contribution in [0.1, 0.15) is 32.2 Å². The third kappa shape index (κ3) is 5.59. The molecular formula is C24H19Cl2N3O5. The third-order valence-electron chi connectivity index (χ3n) is 4.81. The Kier molecular flexibility index (Phi) is 7.20. The number of nitrogens with zero attached hydrogens (tertiary/aromatic N) is 2. The standard InChI is InChI=1S/C24H19Cl2N3O5/c1-32-24(31)15-5-7-16(8-6-15)33-14-17-9-10-21(34-17)23(30)27-22-11-12-29(28-22)13-18-19(25)3-2-4-20(18)26/h2-12H,13-14H2,1H3,(H,27,28,30). The van der Waals surface area contributed by atoms with Crippen molar-refractivity contribution in [2.24, 2.45) is 0 Å². The van der Waals surface area contributed by atoms with E-state index in [9.17, 15) is 9.59 Å². The summed E-state index contributed by atoms with van der Waals surface area (Å²) in [7, 11) is 1.32. The lowest BCUT2D eigenvalue weighted by Gasteiger charge is -2.07. The Bertz CT molecular complexity index is 1290. The van der Waals surface area contributed by atoms with Gasteiger partial charge in [0.15, 0.2) is 11.6 Å². The Balaban J connectivity index is 1.33. The van der Waals surface area contributed by atoms with Crippen LogP contribution in [0.4, 0.5) is 5.82 Å². The number of carbonyl (C=O) groups excluding carboxylic acids is 2. The highest BCUT2D eigenvalue weighted by Gasteiger charge is 2.14. The van der Waals surface area contributed by atoms with Gasteiger partial charge in [0.25, 0.3) is 5.91 Å². The summed E-state index contributed by atoms with van der Waals surface area (Å²) in [6.07, 6.45) is 1.71. The summed E-state index contributed by atoms with van der Waals surface area (Å²) in [4.78, 5) is 24.0. The molecule has 0 saturated heterocycles. The van der Waals surface area contributed by atoms with Crippen molar-refractivity contribution in [2.45, 2.75) is 13.2 Å². The first-order valence-corrected chi connectivity index (χ1v) is 10.9. The minimum absolute atomic E-state index is 0.109. The van der Waals surface area contributed by atoms with Gasteiger partial charge in [0.1, 0.15) is 18.1 Å². The van der Waals surface area contributed by atoms with Gasteiger partial charge in [-0.2, -0.15) is 5.10 Å². The number of methoxy groups -OCH3 is 1. The molecule has 174 valence electrons. The minimum atomic E-state index is -0.449. The third-order valence-corrected chi connectivity index (χ3v) is 5.51. The Morgan fingerprint density at radius 3 is 2.47 bits per heavy atom. The molecule has 1 N–H and O–H groups in total. The maximum atomic E-state index is 12.5. The molecule has 2 heterocycles. The number of halogens is 2. The molecule has 2 aromatic heterocycles. The van der Waals surface area contributed by atoms with E-state index in [4.69, 9.17) is 32.4 Å². The van der Waals surface area contributed by atoms with E-state index in [0.29, 0.717) is 39.5 Å². The molecule has 0 atom stereocenters. The monoisotopic (exact) mass is 499 g/mol. The van der Waals surface area contributed by atoms with Crippen molar-refractivity contribution in [1.29, 1.82) is 0 Å². The molecule has 1 amide bonds. The highest BCUT2D eigenvalue weighted by molar-refractivity contribution is 6.35. The van der Waals surface area contributed by atoms with Crippen molar-refractivity contribution in [3.8, 4) is 5.75 Å². The molecule has 0 aliphatic rings. The summed E-state index contributed by atoms with van der Waals surface area (Å²) in [5.74, 6) is 0.595. The molecule has 0 bridgehead atoms. The molecule has 4 aromatic rings. The molecule has 10 heteroatoms. The number of nitrogens with one attached hydrogen (secondary N) is 1. The fraction of sp³-hybridized carbons (Fsp3) is 0.125. The molecule has 0 unspecified atom stereocenters. The first-order valence-electron chi connectivity index (χ1n) is 10.1. The van der Waals surface area contributed by atoms with Crippen molar-refractivity contribution in [3.63, 3.8) is 0 Å². The average molecular weight is 500 g/mol. The number of anilines is 1. The second kappa shape index (κ2) is 10.5. The van der Waals surface area contributed by atoms with Gasteiger partial charge < -0.3 is 19.2 Å². The lowest BCUT2D eigenvalue weighted by Crippen LogP contribution is -2.12. The molecule has 34 heavy (non-hydrogen) atoms. The fourth-order valence-electron chi connectivity index (χ4n) is 3.08. The van der Waals surface area contributed by atoms with E-state index in [0.717, 1.165) is 5.56 Å². The van der Waals surface area contributed by atoms with Crippen molar-refractivity contribution >= 4 is 40.9 Å². The quantitative estimate of drug-likeness (QED) is 0.324. The topological polar surface area (TPSA) is 95.6 Å². The number of hydrogen-bond acceptors (Lipinski definition) is 6. The van der Waals surface area contributed by atoms with Crippen LogP contribution in [-0.2, 0) is 17.9 Å². The number of carbonyl (C=O) groups is 2. The highest BCUT2D eigenvalue weighted by Crippen LogP contribution is 2.25. The average Bonchev–Trinajstić information content (AvgIpc) is 3.49. The maximum Gasteiger partial charge on any atom is 0.337 e. The van der Waals surface area contributed by atoms with E-state index >= 15 is 0 Å². The summed E-state index contributed by atoms with van der Waals surface area (Å²) in [6.45, 7) is 0.468. The molecule has 0 spiro atoms. The Hall–Kier alpha value is -3.75. The van der Waals surface area contributed by atoms with Gasteiger partial charge in [-0.05, 0) is 48.5 Å². The molecule has 0 saturated carbocycles. The molecule has 8 nitrogen and oxygen atoms in total. The van der Waals surface area contributed by atoms with Crippen LogP contribution >= 0.6 is 23.2 Å². The van der Waals surface area contributed by atoms with Gasteiger partial charge in [-0.25, -0.2) is 4.79 Å². The molecule has 2 aromatic carbocycles. The predicted molar refractivity (Wildman–Crippen MR) is 127 cm³/mol. The number of amides is 1. The lowest BCUT2D eigenvalue weighted by atomic mass is 10.2. The van der Waals surface area contributed by atoms with Gasteiger partial charge in [0.05, 0.1) is 19.2 Å². The zero-order valence-corrected chi connectivity index (χ0v) is 19.5. The zero-order chi connectivity index (χ0) is 24.1. The van der Waals surface area contributed by atoms with Gasteiger partial charge in [-0.15, -0.1) is 0 Å². The smallest absolute Gasteiger partial charge is 0.337 e. The van der Waals surface area contributed by atoms with Crippen LogP contribution in [0.15, 0.2) is 71.3 Å². The Morgan fingerprint density at radius 2 is 1.76 bits per heavy atom. The number of hydrogen-bond donors (Lipinski definition) is 1. The molecule has 0 fully saturated rings.